The second kappa shape index (κ2) is 8.64. The zero-order chi connectivity index (χ0) is 22.2. The first-order valence-corrected chi connectivity index (χ1v) is 12.4. The molecule has 0 unspecified atom stereocenters. The fourth-order valence-electron chi connectivity index (χ4n) is 3.06. The summed E-state index contributed by atoms with van der Waals surface area (Å²) in [5.41, 5.74) is 3.53. The van der Waals surface area contributed by atoms with E-state index in [-0.39, 0.29) is 17.1 Å². The number of nitrogens with one attached hydrogen (secondary N) is 1. The van der Waals surface area contributed by atoms with Crippen LogP contribution in [-0.2, 0) is 10.2 Å². The number of amides is 1. The molecule has 4 aromatic rings. The van der Waals surface area contributed by atoms with Gasteiger partial charge in [0.25, 0.3) is 0 Å². The van der Waals surface area contributed by atoms with Crippen molar-refractivity contribution in [3.05, 3.63) is 46.6 Å². The second-order valence-electron chi connectivity index (χ2n) is 8.23. The summed E-state index contributed by atoms with van der Waals surface area (Å²) in [6, 6.07) is 8.33. The summed E-state index contributed by atoms with van der Waals surface area (Å²) in [6.45, 7) is 10.7. The van der Waals surface area contributed by atoms with E-state index < -0.39 is 0 Å². The largest absolute Gasteiger partial charge is 0.293 e. The van der Waals surface area contributed by atoms with Gasteiger partial charge in [0.2, 0.25) is 11.9 Å². The molecule has 1 N–H and O–H groups in total. The maximum Gasteiger partial charge on any atom is 0.241 e. The molecule has 0 aliphatic rings. The lowest BCUT2D eigenvalue weighted by atomic mass is 9.87. The highest BCUT2D eigenvalue weighted by molar-refractivity contribution is 8.00. The number of benzene rings is 1. The molecule has 4 rings (SSSR count). The Hall–Kier alpha value is -2.36. The van der Waals surface area contributed by atoms with Crippen molar-refractivity contribution in [2.75, 3.05) is 11.1 Å². The van der Waals surface area contributed by atoms with Crippen molar-refractivity contribution in [1.29, 1.82) is 0 Å². The Morgan fingerprint density at radius 3 is 2.58 bits per heavy atom. The van der Waals surface area contributed by atoms with Crippen LogP contribution in [0.15, 0.2) is 35.6 Å². The summed E-state index contributed by atoms with van der Waals surface area (Å²) in [5, 5.41) is 5.44. The number of carbonyl (C=O) groups excluding carboxylic acids is 1. The standard InChI is InChI=1S/C22H23N5OS3/c1-12-13(2)30-20-17(12)19(23-11-24-20)29-10-16(28)25-21-26-18(31-27-21)14-6-8-15(9-7-14)22(3,4)5/h6-9,11H,10H2,1-5H3,(H,25,27,28). The quantitative estimate of drug-likeness (QED) is 0.291. The Kier molecular flexibility index (Phi) is 6.09. The molecule has 6 nitrogen and oxygen atoms in total. The van der Waals surface area contributed by atoms with Crippen LogP contribution in [0.3, 0.4) is 0 Å². The molecule has 3 heterocycles. The molecule has 0 atom stereocenters. The minimum atomic E-state index is -0.159. The Morgan fingerprint density at radius 1 is 1.13 bits per heavy atom. The van der Waals surface area contributed by atoms with Crippen molar-refractivity contribution in [3.63, 3.8) is 0 Å². The van der Waals surface area contributed by atoms with E-state index in [0.717, 1.165) is 25.8 Å². The minimum Gasteiger partial charge on any atom is -0.293 e. The topological polar surface area (TPSA) is 80.7 Å². The molecule has 0 spiro atoms. The van der Waals surface area contributed by atoms with E-state index in [4.69, 9.17) is 0 Å². The van der Waals surface area contributed by atoms with E-state index >= 15 is 0 Å². The van der Waals surface area contributed by atoms with Crippen LogP contribution >= 0.6 is 34.6 Å². The molecule has 0 saturated carbocycles. The number of anilines is 1. The maximum absolute atomic E-state index is 12.5. The molecular weight excluding hydrogens is 446 g/mol. The van der Waals surface area contributed by atoms with Crippen molar-refractivity contribution in [2.24, 2.45) is 0 Å². The van der Waals surface area contributed by atoms with Gasteiger partial charge in [0.05, 0.1) is 5.75 Å². The first kappa shape index (κ1) is 21.9. The number of carbonyl (C=O) groups is 1. The molecule has 0 bridgehead atoms. The number of rotatable bonds is 5. The van der Waals surface area contributed by atoms with Gasteiger partial charge in [0.1, 0.15) is 21.2 Å². The molecule has 0 aliphatic heterocycles. The van der Waals surface area contributed by atoms with Gasteiger partial charge in [0.15, 0.2) is 0 Å². The Labute approximate surface area is 193 Å². The molecule has 0 aliphatic carbocycles. The van der Waals surface area contributed by atoms with Crippen LogP contribution in [0.2, 0.25) is 0 Å². The van der Waals surface area contributed by atoms with Crippen molar-refractivity contribution < 1.29 is 4.79 Å². The highest BCUT2D eigenvalue weighted by Crippen LogP contribution is 2.34. The third-order valence-electron chi connectivity index (χ3n) is 4.95. The number of thioether (sulfide) groups is 1. The van der Waals surface area contributed by atoms with Crippen LogP contribution in [0.5, 0.6) is 0 Å². The van der Waals surface area contributed by atoms with E-state index in [0.29, 0.717) is 5.95 Å². The summed E-state index contributed by atoms with van der Waals surface area (Å²) >= 11 is 4.33. The van der Waals surface area contributed by atoms with E-state index in [1.807, 2.05) is 12.1 Å². The molecule has 3 aromatic heterocycles. The fraction of sp³-hybridized carbons (Fsp3) is 0.318. The first-order valence-electron chi connectivity index (χ1n) is 9.80. The molecule has 0 fully saturated rings. The monoisotopic (exact) mass is 469 g/mol. The van der Waals surface area contributed by atoms with Gasteiger partial charge in [-0.05, 0) is 41.9 Å². The highest BCUT2D eigenvalue weighted by atomic mass is 32.2. The van der Waals surface area contributed by atoms with Gasteiger partial charge in [-0.2, -0.15) is 9.36 Å². The van der Waals surface area contributed by atoms with Gasteiger partial charge in [-0.15, -0.1) is 11.3 Å². The average molecular weight is 470 g/mol. The molecule has 9 heteroatoms. The maximum atomic E-state index is 12.5. The highest BCUT2D eigenvalue weighted by Gasteiger charge is 2.16. The smallest absolute Gasteiger partial charge is 0.241 e. The molecule has 0 radical (unpaired) electrons. The Balaban J connectivity index is 1.41. The zero-order valence-corrected chi connectivity index (χ0v) is 20.5. The number of aryl methyl sites for hydroxylation is 2. The van der Waals surface area contributed by atoms with Crippen LogP contribution in [0.25, 0.3) is 20.8 Å². The third-order valence-corrected chi connectivity index (χ3v) is 7.81. The summed E-state index contributed by atoms with van der Waals surface area (Å²) in [5.74, 6) is 0.407. The van der Waals surface area contributed by atoms with Crippen molar-refractivity contribution in [2.45, 2.75) is 45.1 Å². The van der Waals surface area contributed by atoms with Crippen molar-refractivity contribution in [3.8, 4) is 10.6 Å². The lowest BCUT2D eigenvalue weighted by Crippen LogP contribution is -2.15. The Bertz CT molecular complexity index is 1240. The number of hydrogen-bond acceptors (Lipinski definition) is 8. The van der Waals surface area contributed by atoms with Crippen LogP contribution in [0.4, 0.5) is 5.95 Å². The van der Waals surface area contributed by atoms with E-state index in [2.05, 4.69) is 71.4 Å². The van der Waals surface area contributed by atoms with Crippen LogP contribution in [-0.4, -0.2) is 31.0 Å². The minimum absolute atomic E-state index is 0.103. The second-order valence-corrected chi connectivity index (χ2v) is 11.1. The van der Waals surface area contributed by atoms with Crippen LogP contribution in [0.1, 0.15) is 36.8 Å². The molecule has 31 heavy (non-hydrogen) atoms. The predicted molar refractivity (Wildman–Crippen MR) is 130 cm³/mol. The van der Waals surface area contributed by atoms with Crippen molar-refractivity contribution >= 4 is 56.7 Å². The number of hydrogen-bond donors (Lipinski definition) is 1. The number of thiophene rings is 1. The van der Waals surface area contributed by atoms with Gasteiger partial charge in [-0.1, -0.05) is 56.8 Å². The van der Waals surface area contributed by atoms with Gasteiger partial charge in [-0.3, -0.25) is 10.1 Å². The van der Waals surface area contributed by atoms with Crippen LogP contribution in [0, 0.1) is 13.8 Å². The summed E-state index contributed by atoms with van der Waals surface area (Å²) in [7, 11) is 0. The lowest BCUT2D eigenvalue weighted by molar-refractivity contribution is -0.113. The van der Waals surface area contributed by atoms with Gasteiger partial charge in [-0.25, -0.2) is 9.97 Å². The molecule has 1 amide bonds. The number of fused-ring (bicyclic) bond motifs is 1. The molecular formula is C22H23N5OS3. The lowest BCUT2D eigenvalue weighted by Gasteiger charge is -2.18. The molecule has 1 aromatic carbocycles. The Morgan fingerprint density at radius 2 is 1.87 bits per heavy atom. The van der Waals surface area contributed by atoms with E-state index in [1.165, 1.54) is 39.3 Å². The fourth-order valence-corrected chi connectivity index (χ4v) is 5.60. The average Bonchev–Trinajstić information content (AvgIpc) is 3.30. The van der Waals surface area contributed by atoms with Gasteiger partial charge >= 0.3 is 0 Å². The van der Waals surface area contributed by atoms with E-state index in [9.17, 15) is 4.79 Å². The number of aromatic nitrogens is 4. The van der Waals surface area contributed by atoms with E-state index in [1.54, 1.807) is 17.7 Å². The van der Waals surface area contributed by atoms with Gasteiger partial charge < -0.3 is 0 Å². The third kappa shape index (κ3) is 4.78. The molecule has 0 saturated heterocycles. The summed E-state index contributed by atoms with van der Waals surface area (Å²) in [4.78, 5) is 27.8. The van der Waals surface area contributed by atoms with Gasteiger partial charge in [0, 0.05) is 15.8 Å². The summed E-state index contributed by atoms with van der Waals surface area (Å²) in [6.07, 6.45) is 1.55. The predicted octanol–water partition coefficient (Wildman–Crippen LogP) is 5.85. The zero-order valence-electron chi connectivity index (χ0n) is 18.0. The normalized spacial score (nSPS) is 11.8. The number of nitrogens with zero attached hydrogens (tertiary/aromatic N) is 4. The molecule has 160 valence electrons. The van der Waals surface area contributed by atoms with Crippen LogP contribution < -0.4 is 5.32 Å². The summed E-state index contributed by atoms with van der Waals surface area (Å²) < 4.78 is 4.29. The SMILES string of the molecule is Cc1sc2ncnc(SCC(=O)Nc3nsc(-c4ccc(C(C)(C)C)cc4)n3)c2c1C. The van der Waals surface area contributed by atoms with Crippen molar-refractivity contribution in [1.82, 2.24) is 19.3 Å². The first-order chi connectivity index (χ1) is 14.7.